The van der Waals surface area contributed by atoms with Crippen molar-refractivity contribution < 1.29 is 14.7 Å². The summed E-state index contributed by atoms with van der Waals surface area (Å²) >= 11 is 0. The highest BCUT2D eigenvalue weighted by molar-refractivity contribution is 5.80. The zero-order chi connectivity index (χ0) is 14.3. The summed E-state index contributed by atoms with van der Waals surface area (Å²) in [4.78, 5) is 29.1. The summed E-state index contributed by atoms with van der Waals surface area (Å²) in [6.45, 7) is 3.16. The highest BCUT2D eigenvalue weighted by Crippen LogP contribution is 2.42. The molecule has 1 aromatic heterocycles. The molecule has 1 saturated carbocycles. The second-order valence-corrected chi connectivity index (χ2v) is 5.82. The van der Waals surface area contributed by atoms with Crippen molar-refractivity contribution in [2.45, 2.75) is 25.8 Å². The van der Waals surface area contributed by atoms with Crippen molar-refractivity contribution in [3.8, 4) is 0 Å². The lowest BCUT2D eigenvalue weighted by Crippen LogP contribution is -2.35. The average molecular weight is 278 g/mol. The first-order chi connectivity index (χ1) is 9.56. The second-order valence-electron chi connectivity index (χ2n) is 5.82. The smallest absolute Gasteiger partial charge is 0.306 e. The Hall–Kier alpha value is -1.92. The number of aromatic nitrogens is 3. The number of aliphatic carboxylic acids is 1. The predicted molar refractivity (Wildman–Crippen MR) is 68.7 cm³/mol. The maximum absolute atomic E-state index is 12.4. The molecule has 1 aliphatic carbocycles. The van der Waals surface area contributed by atoms with E-state index in [1.807, 2.05) is 11.8 Å². The number of amides is 1. The number of likely N-dealkylation sites (tertiary alicyclic amines) is 1. The number of hydrogen-bond acceptors (Lipinski definition) is 4. The molecule has 1 aliphatic heterocycles. The van der Waals surface area contributed by atoms with Crippen molar-refractivity contribution >= 4 is 11.9 Å². The molecule has 108 valence electrons. The van der Waals surface area contributed by atoms with Crippen LogP contribution >= 0.6 is 0 Å². The molecule has 1 N–H and O–H groups in total. The van der Waals surface area contributed by atoms with Crippen LogP contribution in [0, 0.1) is 17.8 Å². The monoisotopic (exact) mass is 278 g/mol. The van der Waals surface area contributed by atoms with Gasteiger partial charge in [-0.15, -0.1) is 0 Å². The standard InChI is InChI=1S/C13H18N4O3/c1-8(17-7-14-6-15-17)12(18)16-4-10-2-9(13(19)20)3-11(10)5-16/h6-11H,2-5H2,1H3,(H,19,20)/t8?,9?,10-,11+. The van der Waals surface area contributed by atoms with Crippen LogP contribution < -0.4 is 0 Å². The maximum atomic E-state index is 12.4. The van der Waals surface area contributed by atoms with Crippen LogP contribution in [0.15, 0.2) is 12.7 Å². The van der Waals surface area contributed by atoms with Crippen LogP contribution in [-0.4, -0.2) is 49.7 Å². The van der Waals surface area contributed by atoms with E-state index in [1.54, 1.807) is 11.0 Å². The summed E-state index contributed by atoms with van der Waals surface area (Å²) in [6, 6.07) is -0.355. The first-order valence-corrected chi connectivity index (χ1v) is 6.92. The van der Waals surface area contributed by atoms with Crippen molar-refractivity contribution in [2.75, 3.05) is 13.1 Å². The van der Waals surface area contributed by atoms with E-state index in [1.165, 1.54) is 6.33 Å². The van der Waals surface area contributed by atoms with Crippen molar-refractivity contribution in [3.05, 3.63) is 12.7 Å². The van der Waals surface area contributed by atoms with Crippen molar-refractivity contribution in [3.63, 3.8) is 0 Å². The number of rotatable bonds is 3. The third-order valence-corrected chi connectivity index (χ3v) is 4.60. The number of carboxylic acids is 1. The molecule has 3 rings (SSSR count). The summed E-state index contributed by atoms with van der Waals surface area (Å²) in [5, 5.41) is 13.1. The van der Waals surface area contributed by atoms with Gasteiger partial charge in [0.1, 0.15) is 18.7 Å². The molecule has 2 heterocycles. The number of carbonyl (C=O) groups is 2. The van der Waals surface area contributed by atoms with E-state index in [0.29, 0.717) is 37.8 Å². The summed E-state index contributed by atoms with van der Waals surface area (Å²) < 4.78 is 1.55. The summed E-state index contributed by atoms with van der Waals surface area (Å²) in [6.07, 6.45) is 4.35. The zero-order valence-electron chi connectivity index (χ0n) is 11.3. The molecule has 0 radical (unpaired) electrons. The van der Waals surface area contributed by atoms with Gasteiger partial charge in [-0.1, -0.05) is 0 Å². The Morgan fingerprint density at radius 2 is 1.95 bits per heavy atom. The van der Waals surface area contributed by atoms with Crippen LogP contribution in [0.5, 0.6) is 0 Å². The molecule has 1 amide bonds. The highest BCUT2D eigenvalue weighted by Gasteiger charge is 2.45. The van der Waals surface area contributed by atoms with E-state index in [2.05, 4.69) is 10.1 Å². The minimum Gasteiger partial charge on any atom is -0.481 e. The third kappa shape index (κ3) is 2.17. The van der Waals surface area contributed by atoms with Gasteiger partial charge in [-0.05, 0) is 31.6 Å². The molecule has 1 aromatic rings. The van der Waals surface area contributed by atoms with Crippen LogP contribution in [-0.2, 0) is 9.59 Å². The van der Waals surface area contributed by atoms with Gasteiger partial charge < -0.3 is 10.0 Å². The van der Waals surface area contributed by atoms with Gasteiger partial charge in [-0.2, -0.15) is 5.10 Å². The molecule has 2 fully saturated rings. The Morgan fingerprint density at radius 1 is 1.30 bits per heavy atom. The van der Waals surface area contributed by atoms with Gasteiger partial charge in [0.15, 0.2) is 0 Å². The van der Waals surface area contributed by atoms with Crippen molar-refractivity contribution in [2.24, 2.45) is 17.8 Å². The molecule has 0 aromatic carbocycles. The lowest BCUT2D eigenvalue weighted by molar-refractivity contribution is -0.141. The van der Waals surface area contributed by atoms with E-state index in [0.717, 1.165) is 0 Å². The fraction of sp³-hybridized carbons (Fsp3) is 0.692. The van der Waals surface area contributed by atoms with Gasteiger partial charge in [0.2, 0.25) is 5.91 Å². The van der Waals surface area contributed by atoms with Gasteiger partial charge in [0.05, 0.1) is 5.92 Å². The Balaban J connectivity index is 1.62. The number of carboxylic acid groups (broad SMARTS) is 1. The fourth-order valence-corrected chi connectivity index (χ4v) is 3.48. The molecule has 2 unspecified atom stereocenters. The number of fused-ring (bicyclic) bond motifs is 1. The molecular formula is C13H18N4O3. The van der Waals surface area contributed by atoms with Gasteiger partial charge in [0, 0.05) is 13.1 Å². The van der Waals surface area contributed by atoms with E-state index in [-0.39, 0.29) is 17.9 Å². The Bertz CT molecular complexity index is 502. The van der Waals surface area contributed by atoms with E-state index in [4.69, 9.17) is 5.11 Å². The molecule has 0 spiro atoms. The largest absolute Gasteiger partial charge is 0.481 e. The van der Waals surface area contributed by atoms with Crippen LogP contribution in [0.1, 0.15) is 25.8 Å². The van der Waals surface area contributed by atoms with Gasteiger partial charge in [0.25, 0.3) is 0 Å². The Morgan fingerprint density at radius 3 is 2.45 bits per heavy atom. The maximum Gasteiger partial charge on any atom is 0.306 e. The molecule has 7 heteroatoms. The van der Waals surface area contributed by atoms with Crippen LogP contribution in [0.4, 0.5) is 0 Å². The van der Waals surface area contributed by atoms with Crippen LogP contribution in [0.25, 0.3) is 0 Å². The Labute approximate surface area is 116 Å². The molecular weight excluding hydrogens is 260 g/mol. The molecule has 2 aliphatic rings. The van der Waals surface area contributed by atoms with Crippen LogP contribution in [0.3, 0.4) is 0 Å². The highest BCUT2D eigenvalue weighted by atomic mass is 16.4. The van der Waals surface area contributed by atoms with Crippen molar-refractivity contribution in [1.29, 1.82) is 0 Å². The summed E-state index contributed by atoms with van der Waals surface area (Å²) in [5.74, 6) is -0.217. The number of carbonyl (C=O) groups excluding carboxylic acids is 1. The van der Waals surface area contributed by atoms with Crippen LogP contribution in [0.2, 0.25) is 0 Å². The van der Waals surface area contributed by atoms with Gasteiger partial charge in [-0.25, -0.2) is 9.67 Å². The van der Waals surface area contributed by atoms with Gasteiger partial charge in [-0.3, -0.25) is 9.59 Å². The predicted octanol–water partition coefficient (Wildman–Crippen LogP) is 0.408. The first-order valence-electron chi connectivity index (χ1n) is 6.92. The fourth-order valence-electron chi connectivity index (χ4n) is 3.48. The first kappa shape index (κ1) is 13.1. The lowest BCUT2D eigenvalue weighted by atomic mass is 10.0. The number of hydrogen-bond donors (Lipinski definition) is 1. The molecule has 1 saturated heterocycles. The lowest BCUT2D eigenvalue weighted by Gasteiger charge is -2.22. The quantitative estimate of drug-likeness (QED) is 0.865. The molecule has 20 heavy (non-hydrogen) atoms. The topological polar surface area (TPSA) is 88.3 Å². The van der Waals surface area contributed by atoms with Gasteiger partial charge >= 0.3 is 5.97 Å². The van der Waals surface area contributed by atoms with E-state index < -0.39 is 5.97 Å². The molecule has 0 bridgehead atoms. The van der Waals surface area contributed by atoms with E-state index in [9.17, 15) is 9.59 Å². The minimum atomic E-state index is -0.701. The summed E-state index contributed by atoms with van der Waals surface area (Å²) in [5.41, 5.74) is 0. The SMILES string of the molecule is CC(C(=O)N1C[C@H]2CC(C(=O)O)C[C@H]2C1)n1cncn1. The third-order valence-electron chi connectivity index (χ3n) is 4.60. The normalized spacial score (nSPS) is 30.2. The minimum absolute atomic E-state index is 0.0387. The summed E-state index contributed by atoms with van der Waals surface area (Å²) in [7, 11) is 0. The Kier molecular flexibility index (Phi) is 3.19. The second kappa shape index (κ2) is 4.88. The number of nitrogens with zero attached hydrogens (tertiary/aromatic N) is 4. The molecule has 4 atom stereocenters. The molecule has 7 nitrogen and oxygen atoms in total. The van der Waals surface area contributed by atoms with E-state index >= 15 is 0 Å². The van der Waals surface area contributed by atoms with Crippen molar-refractivity contribution in [1.82, 2.24) is 19.7 Å². The average Bonchev–Trinajstić information content (AvgIpc) is 3.11. The zero-order valence-corrected chi connectivity index (χ0v) is 11.3.